The van der Waals surface area contributed by atoms with Crippen LogP contribution in [0.25, 0.3) is 0 Å². The number of carbonyl (C=O) groups excluding carboxylic acids is 3. The van der Waals surface area contributed by atoms with Gasteiger partial charge in [-0.25, -0.2) is 0 Å². The number of halogens is 3. The molecule has 0 saturated carbocycles. The van der Waals surface area contributed by atoms with Crippen LogP contribution in [-0.4, -0.2) is 37.0 Å². The highest BCUT2D eigenvalue weighted by molar-refractivity contribution is 6.07. The van der Waals surface area contributed by atoms with Crippen molar-refractivity contribution in [3.63, 3.8) is 0 Å². The van der Waals surface area contributed by atoms with Crippen molar-refractivity contribution in [3.8, 4) is 0 Å². The second-order valence-corrected chi connectivity index (χ2v) is 7.07. The normalized spacial score (nSPS) is 16.5. The van der Waals surface area contributed by atoms with Crippen molar-refractivity contribution in [2.75, 3.05) is 23.3 Å². The summed E-state index contributed by atoms with van der Waals surface area (Å²) in [5.74, 6) is -2.28. The maximum atomic E-state index is 12.7. The molecule has 9 heteroatoms. The number of rotatable bonds is 5. The molecule has 0 spiro atoms. The molecule has 1 aliphatic heterocycles. The molecule has 1 saturated heterocycles. The van der Waals surface area contributed by atoms with Crippen molar-refractivity contribution in [2.24, 2.45) is 5.92 Å². The van der Waals surface area contributed by atoms with E-state index in [9.17, 15) is 27.6 Å². The largest absolute Gasteiger partial charge is 0.405 e. The van der Waals surface area contributed by atoms with Gasteiger partial charge in [-0.05, 0) is 31.2 Å². The van der Waals surface area contributed by atoms with Gasteiger partial charge in [0.2, 0.25) is 11.8 Å². The van der Waals surface area contributed by atoms with E-state index in [2.05, 4.69) is 5.32 Å². The van der Waals surface area contributed by atoms with Crippen LogP contribution in [0.2, 0.25) is 0 Å². The summed E-state index contributed by atoms with van der Waals surface area (Å²) in [5.41, 5.74) is 1.73. The topological polar surface area (TPSA) is 78.5 Å². The first kappa shape index (κ1) is 21.4. The number of nitrogens with zero attached hydrogens (tertiary/aromatic N) is 1. The monoisotopic (exact) mass is 419 g/mol. The summed E-state index contributed by atoms with van der Waals surface area (Å²) in [5, 5.41) is 4.36. The summed E-state index contributed by atoms with van der Waals surface area (Å²) in [6.07, 6.45) is -4.54. The number of anilines is 2. The zero-order valence-electron chi connectivity index (χ0n) is 16.1. The van der Waals surface area contributed by atoms with Gasteiger partial charge in [0.1, 0.15) is 6.54 Å². The number of hydrogen-bond acceptors (Lipinski definition) is 3. The Morgan fingerprint density at radius 1 is 1.10 bits per heavy atom. The summed E-state index contributed by atoms with van der Waals surface area (Å²) in [6.45, 7) is 0.626. The van der Waals surface area contributed by atoms with Crippen LogP contribution in [0, 0.1) is 12.8 Å². The van der Waals surface area contributed by atoms with E-state index >= 15 is 0 Å². The molecule has 30 heavy (non-hydrogen) atoms. The van der Waals surface area contributed by atoms with Crippen LogP contribution in [0.4, 0.5) is 24.5 Å². The molecule has 1 unspecified atom stereocenters. The van der Waals surface area contributed by atoms with E-state index in [4.69, 9.17) is 0 Å². The number of nitrogens with one attached hydrogen (secondary N) is 2. The molecule has 2 aromatic carbocycles. The standard InChI is InChI=1S/C21H20F3N3O3/c1-13-6-8-15(9-7-13)27-11-14(10-18(27)28)19(29)26-17-5-3-2-4-16(17)20(30)25-12-21(22,23)24/h2-9,14H,10-12H2,1H3,(H,25,30)(H,26,29). The molecule has 0 radical (unpaired) electrons. The van der Waals surface area contributed by atoms with Gasteiger partial charge in [-0.2, -0.15) is 13.2 Å². The third-order valence-corrected chi connectivity index (χ3v) is 4.72. The highest BCUT2D eigenvalue weighted by atomic mass is 19.4. The van der Waals surface area contributed by atoms with Crippen molar-refractivity contribution in [2.45, 2.75) is 19.5 Å². The fourth-order valence-corrected chi connectivity index (χ4v) is 3.16. The fourth-order valence-electron chi connectivity index (χ4n) is 3.16. The Bertz CT molecular complexity index is 958. The predicted octanol–water partition coefficient (Wildman–Crippen LogP) is 3.28. The lowest BCUT2D eigenvalue weighted by atomic mass is 10.1. The maximum Gasteiger partial charge on any atom is 0.405 e. The number of aryl methyl sites for hydroxylation is 1. The predicted molar refractivity (Wildman–Crippen MR) is 105 cm³/mol. The number of amides is 3. The number of alkyl halides is 3. The minimum absolute atomic E-state index is 0.00213. The quantitative estimate of drug-likeness (QED) is 0.781. The van der Waals surface area contributed by atoms with E-state index < -0.39 is 30.5 Å². The Kier molecular flexibility index (Phi) is 6.09. The molecule has 1 fully saturated rings. The molecule has 3 rings (SSSR count). The molecule has 1 atom stereocenters. The molecule has 0 bridgehead atoms. The third-order valence-electron chi connectivity index (χ3n) is 4.72. The maximum absolute atomic E-state index is 12.7. The highest BCUT2D eigenvalue weighted by Crippen LogP contribution is 2.27. The first-order chi connectivity index (χ1) is 14.1. The molecular weight excluding hydrogens is 399 g/mol. The summed E-state index contributed by atoms with van der Waals surface area (Å²) >= 11 is 0. The van der Waals surface area contributed by atoms with E-state index in [0.29, 0.717) is 5.69 Å². The average molecular weight is 419 g/mol. The number of para-hydroxylation sites is 1. The molecule has 2 N–H and O–H groups in total. The number of hydrogen-bond donors (Lipinski definition) is 2. The van der Waals surface area contributed by atoms with Crippen LogP contribution < -0.4 is 15.5 Å². The summed E-state index contributed by atoms with van der Waals surface area (Å²) in [6, 6.07) is 13.1. The molecular formula is C21H20F3N3O3. The number of carbonyl (C=O) groups is 3. The van der Waals surface area contributed by atoms with Crippen LogP contribution in [0.15, 0.2) is 48.5 Å². The SMILES string of the molecule is Cc1ccc(N2CC(C(=O)Nc3ccccc3C(=O)NCC(F)(F)F)CC2=O)cc1. The Balaban J connectivity index is 1.69. The van der Waals surface area contributed by atoms with Gasteiger partial charge in [-0.15, -0.1) is 0 Å². The molecule has 1 heterocycles. The second kappa shape index (κ2) is 8.56. The van der Waals surface area contributed by atoms with Gasteiger partial charge in [0, 0.05) is 18.7 Å². The Morgan fingerprint density at radius 3 is 2.43 bits per heavy atom. The van der Waals surface area contributed by atoms with Crippen molar-refractivity contribution in [1.82, 2.24) is 5.32 Å². The smallest absolute Gasteiger partial charge is 0.343 e. The van der Waals surface area contributed by atoms with Crippen LogP contribution in [0.5, 0.6) is 0 Å². The van der Waals surface area contributed by atoms with Gasteiger partial charge in [0.05, 0.1) is 17.2 Å². The molecule has 0 aromatic heterocycles. The van der Waals surface area contributed by atoms with Crippen LogP contribution in [0.3, 0.4) is 0 Å². The van der Waals surface area contributed by atoms with Gasteiger partial charge in [-0.3, -0.25) is 14.4 Å². The fraction of sp³-hybridized carbons (Fsp3) is 0.286. The lowest BCUT2D eigenvalue weighted by molar-refractivity contribution is -0.123. The lowest BCUT2D eigenvalue weighted by Gasteiger charge is -2.17. The van der Waals surface area contributed by atoms with Crippen LogP contribution >= 0.6 is 0 Å². The van der Waals surface area contributed by atoms with Gasteiger partial charge in [0.15, 0.2) is 0 Å². The Morgan fingerprint density at radius 2 is 1.77 bits per heavy atom. The summed E-state index contributed by atoms with van der Waals surface area (Å²) in [4.78, 5) is 38.7. The zero-order valence-corrected chi connectivity index (χ0v) is 16.1. The Hall–Kier alpha value is -3.36. The molecule has 2 aromatic rings. The molecule has 3 amide bonds. The minimum Gasteiger partial charge on any atom is -0.343 e. The minimum atomic E-state index is -4.54. The van der Waals surface area contributed by atoms with E-state index in [-0.39, 0.29) is 30.1 Å². The molecule has 0 aliphatic carbocycles. The third kappa shape index (κ3) is 5.16. The number of benzene rings is 2. The van der Waals surface area contributed by atoms with E-state index in [0.717, 1.165) is 5.56 Å². The van der Waals surface area contributed by atoms with E-state index in [1.165, 1.54) is 23.1 Å². The van der Waals surface area contributed by atoms with Gasteiger partial charge in [0.25, 0.3) is 5.91 Å². The van der Waals surface area contributed by atoms with Crippen molar-refractivity contribution < 1.29 is 27.6 Å². The lowest BCUT2D eigenvalue weighted by Crippen LogP contribution is -2.34. The van der Waals surface area contributed by atoms with Gasteiger partial charge in [-0.1, -0.05) is 29.8 Å². The first-order valence-electron chi connectivity index (χ1n) is 9.26. The van der Waals surface area contributed by atoms with Crippen LogP contribution in [0.1, 0.15) is 22.3 Å². The summed E-state index contributed by atoms with van der Waals surface area (Å²) in [7, 11) is 0. The van der Waals surface area contributed by atoms with Crippen molar-refractivity contribution in [3.05, 3.63) is 59.7 Å². The van der Waals surface area contributed by atoms with Crippen molar-refractivity contribution in [1.29, 1.82) is 0 Å². The molecule has 1 aliphatic rings. The first-order valence-corrected chi connectivity index (χ1v) is 9.26. The second-order valence-electron chi connectivity index (χ2n) is 7.07. The van der Waals surface area contributed by atoms with E-state index in [1.54, 1.807) is 23.5 Å². The average Bonchev–Trinajstić information content (AvgIpc) is 3.08. The Labute approximate surface area is 171 Å². The van der Waals surface area contributed by atoms with Crippen LogP contribution in [-0.2, 0) is 9.59 Å². The van der Waals surface area contributed by atoms with Gasteiger partial charge >= 0.3 is 6.18 Å². The van der Waals surface area contributed by atoms with E-state index in [1.807, 2.05) is 19.1 Å². The van der Waals surface area contributed by atoms with Crippen molar-refractivity contribution >= 4 is 29.1 Å². The molecule has 6 nitrogen and oxygen atoms in total. The zero-order chi connectivity index (χ0) is 21.9. The van der Waals surface area contributed by atoms with Gasteiger partial charge < -0.3 is 15.5 Å². The summed E-state index contributed by atoms with van der Waals surface area (Å²) < 4.78 is 37.1. The molecule has 158 valence electrons. The highest BCUT2D eigenvalue weighted by Gasteiger charge is 2.35.